The van der Waals surface area contributed by atoms with Crippen LogP contribution in [-0.2, 0) is 0 Å². The summed E-state index contributed by atoms with van der Waals surface area (Å²) in [6.45, 7) is 0. The summed E-state index contributed by atoms with van der Waals surface area (Å²) in [5.74, 6) is 0. The number of hydrogen-bond acceptors (Lipinski definition) is 0. The molecule has 0 nitrogen and oxygen atoms in total. The van der Waals surface area contributed by atoms with Gasteiger partial charge in [-0.2, -0.15) is 0 Å². The van der Waals surface area contributed by atoms with Crippen molar-refractivity contribution >= 4 is 38.6 Å². The highest BCUT2D eigenvalue weighted by Crippen LogP contribution is 2.62. The number of allylic oxidation sites excluding steroid dienone is 5. The van der Waals surface area contributed by atoms with Crippen LogP contribution < -0.4 is 0 Å². The Bertz CT molecular complexity index is 2710. The first-order valence-corrected chi connectivity index (χ1v) is 18.0. The van der Waals surface area contributed by atoms with Crippen LogP contribution in [0.15, 0.2) is 212 Å². The molecule has 0 fully saturated rings. The van der Waals surface area contributed by atoms with E-state index in [0.29, 0.717) is 0 Å². The fraction of sp³-hybridized carbons (Fsp3) is 0. The highest BCUT2D eigenvalue weighted by molar-refractivity contribution is 6.40. The summed E-state index contributed by atoms with van der Waals surface area (Å²) < 4.78 is 0. The van der Waals surface area contributed by atoms with Crippen LogP contribution in [0.25, 0.3) is 60.9 Å². The normalized spacial score (nSPS) is 13.5. The molecular weight excluding hydrogens is 625 g/mol. The second-order valence-electron chi connectivity index (χ2n) is 13.6. The average Bonchev–Trinajstić information content (AvgIpc) is 3.74. The lowest BCUT2D eigenvalue weighted by Crippen LogP contribution is -1.97. The molecule has 52 heavy (non-hydrogen) atoms. The first-order chi connectivity index (χ1) is 25.8. The molecule has 0 aromatic heterocycles. The average molecular weight is 659 g/mol. The number of hydrogen-bond donors (Lipinski definition) is 0. The van der Waals surface area contributed by atoms with E-state index >= 15 is 0 Å². The van der Waals surface area contributed by atoms with E-state index in [-0.39, 0.29) is 0 Å². The van der Waals surface area contributed by atoms with Gasteiger partial charge in [-0.15, -0.1) is 0 Å². The van der Waals surface area contributed by atoms with Crippen molar-refractivity contribution in [2.45, 2.75) is 0 Å². The van der Waals surface area contributed by atoms with E-state index in [2.05, 4.69) is 206 Å². The van der Waals surface area contributed by atoms with Crippen molar-refractivity contribution in [3.8, 4) is 22.3 Å². The van der Waals surface area contributed by atoms with Gasteiger partial charge >= 0.3 is 0 Å². The first kappa shape index (κ1) is 30.1. The summed E-state index contributed by atoms with van der Waals surface area (Å²) in [5, 5.41) is 2.50. The minimum Gasteiger partial charge on any atom is -0.0622 e. The molecule has 0 bridgehead atoms. The van der Waals surface area contributed by atoms with Crippen LogP contribution in [0.3, 0.4) is 0 Å². The molecule has 0 heterocycles. The Morgan fingerprint density at radius 2 is 0.558 bits per heavy atom. The maximum Gasteiger partial charge on any atom is -0.000137 e. The van der Waals surface area contributed by atoms with Gasteiger partial charge in [0.05, 0.1) is 0 Å². The highest BCUT2D eigenvalue weighted by atomic mass is 14.4. The molecular formula is C52H34. The molecule has 0 aliphatic heterocycles. The van der Waals surface area contributed by atoms with Gasteiger partial charge in [0.1, 0.15) is 0 Å². The molecule has 2 aliphatic rings. The molecule has 2 aliphatic carbocycles. The van der Waals surface area contributed by atoms with E-state index in [1.54, 1.807) is 0 Å². The molecule has 10 rings (SSSR count). The fourth-order valence-corrected chi connectivity index (χ4v) is 8.41. The third-order valence-corrected chi connectivity index (χ3v) is 10.6. The Hall–Kier alpha value is -6.76. The third kappa shape index (κ3) is 4.84. The standard InChI is InChI=1S/C52H34/c1-6-19-36(20-7-1)43-33-45-46(34-44(43)37-21-8-2-9-22-37)51-50(42-32-18-30-35-23-16-17-31-41(35)42)48(39-26-12-4-13-27-39)49(40-28-14-5-15-29-40)52(51)47(45)38-24-10-3-11-25-38/h1-34H. The van der Waals surface area contributed by atoms with Crippen molar-refractivity contribution in [3.05, 3.63) is 245 Å². The van der Waals surface area contributed by atoms with Gasteiger partial charge in [0.15, 0.2) is 0 Å². The van der Waals surface area contributed by atoms with Gasteiger partial charge in [0, 0.05) is 0 Å². The van der Waals surface area contributed by atoms with E-state index in [1.165, 1.54) is 99.8 Å². The molecule has 242 valence electrons. The van der Waals surface area contributed by atoms with Crippen LogP contribution in [0.5, 0.6) is 0 Å². The van der Waals surface area contributed by atoms with Gasteiger partial charge in [0.25, 0.3) is 0 Å². The summed E-state index contributed by atoms with van der Waals surface area (Å²) in [7, 11) is 0. The Morgan fingerprint density at radius 1 is 0.192 bits per heavy atom. The predicted octanol–water partition coefficient (Wildman–Crippen LogP) is 13.5. The van der Waals surface area contributed by atoms with Gasteiger partial charge in [-0.25, -0.2) is 0 Å². The fourth-order valence-electron chi connectivity index (χ4n) is 8.41. The van der Waals surface area contributed by atoms with E-state index < -0.39 is 0 Å². The second kappa shape index (κ2) is 12.5. The largest absolute Gasteiger partial charge is 0.0622 e. The van der Waals surface area contributed by atoms with Gasteiger partial charge in [0.2, 0.25) is 0 Å². The minimum atomic E-state index is 1.21. The maximum absolute atomic E-state index is 2.49. The Morgan fingerprint density at radius 3 is 1.08 bits per heavy atom. The SMILES string of the molecule is c1ccc(C2=C(c3ccccc3)C(c3cccc4ccccc34)=C3C2=C(c2ccccc2)c2cc(-c4ccccc4)c(-c4ccccc4)cc23)cc1. The highest BCUT2D eigenvalue weighted by Gasteiger charge is 2.41. The zero-order chi connectivity index (χ0) is 34.4. The molecule has 0 spiro atoms. The number of rotatable bonds is 6. The van der Waals surface area contributed by atoms with Gasteiger partial charge < -0.3 is 0 Å². The van der Waals surface area contributed by atoms with Gasteiger partial charge in [-0.1, -0.05) is 194 Å². The van der Waals surface area contributed by atoms with Crippen LogP contribution in [0.1, 0.15) is 33.4 Å². The summed E-state index contributed by atoms with van der Waals surface area (Å²) in [4.78, 5) is 0. The zero-order valence-corrected chi connectivity index (χ0v) is 28.6. The summed E-state index contributed by atoms with van der Waals surface area (Å²) in [6.07, 6.45) is 0. The van der Waals surface area contributed by atoms with E-state index in [1.807, 2.05) is 0 Å². The third-order valence-electron chi connectivity index (χ3n) is 10.6. The summed E-state index contributed by atoms with van der Waals surface area (Å²) >= 11 is 0. The van der Waals surface area contributed by atoms with Crippen molar-refractivity contribution in [2.24, 2.45) is 0 Å². The quantitative estimate of drug-likeness (QED) is 0.167. The zero-order valence-electron chi connectivity index (χ0n) is 28.6. The molecule has 0 saturated carbocycles. The van der Waals surface area contributed by atoms with Gasteiger partial charge in [-0.05, 0) is 112 Å². The van der Waals surface area contributed by atoms with E-state index in [9.17, 15) is 0 Å². The van der Waals surface area contributed by atoms with Crippen LogP contribution >= 0.6 is 0 Å². The molecule has 8 aromatic rings. The predicted molar refractivity (Wildman–Crippen MR) is 220 cm³/mol. The maximum atomic E-state index is 2.49. The summed E-state index contributed by atoms with van der Waals surface area (Å²) in [5.41, 5.74) is 20.1. The molecule has 0 radical (unpaired) electrons. The van der Waals surface area contributed by atoms with Crippen LogP contribution in [0.2, 0.25) is 0 Å². The Labute approximate surface area is 305 Å². The van der Waals surface area contributed by atoms with E-state index in [4.69, 9.17) is 0 Å². The topological polar surface area (TPSA) is 0 Å². The lowest BCUT2D eigenvalue weighted by atomic mass is 9.83. The lowest BCUT2D eigenvalue weighted by molar-refractivity contribution is 1.52. The Kier molecular flexibility index (Phi) is 7.25. The monoisotopic (exact) mass is 658 g/mol. The second-order valence-corrected chi connectivity index (χ2v) is 13.6. The molecule has 0 unspecified atom stereocenters. The van der Waals surface area contributed by atoms with Crippen molar-refractivity contribution in [3.63, 3.8) is 0 Å². The Balaban J connectivity index is 1.42. The molecule has 0 atom stereocenters. The van der Waals surface area contributed by atoms with Crippen molar-refractivity contribution in [1.29, 1.82) is 0 Å². The molecule has 0 amide bonds. The lowest BCUT2D eigenvalue weighted by Gasteiger charge is -2.19. The van der Waals surface area contributed by atoms with Gasteiger partial charge in [-0.3, -0.25) is 0 Å². The molecule has 0 heteroatoms. The minimum absolute atomic E-state index is 1.21. The van der Waals surface area contributed by atoms with E-state index in [0.717, 1.165) is 0 Å². The van der Waals surface area contributed by atoms with Crippen LogP contribution in [0, 0.1) is 0 Å². The summed E-state index contributed by atoms with van der Waals surface area (Å²) in [6, 6.07) is 75.4. The number of fused-ring (bicyclic) bond motifs is 4. The molecule has 0 saturated heterocycles. The number of benzene rings is 8. The first-order valence-electron chi connectivity index (χ1n) is 18.0. The molecule has 0 N–H and O–H groups in total. The van der Waals surface area contributed by atoms with Crippen molar-refractivity contribution < 1.29 is 0 Å². The van der Waals surface area contributed by atoms with Crippen molar-refractivity contribution in [2.75, 3.05) is 0 Å². The van der Waals surface area contributed by atoms with Crippen LogP contribution in [-0.4, -0.2) is 0 Å². The van der Waals surface area contributed by atoms with Crippen LogP contribution in [0.4, 0.5) is 0 Å². The molecule has 8 aromatic carbocycles. The smallest absolute Gasteiger partial charge is 0.000137 e. The van der Waals surface area contributed by atoms with Crippen molar-refractivity contribution in [1.82, 2.24) is 0 Å².